The Balaban J connectivity index is 2.67. The molecule has 1 N–H and O–H groups in total. The van der Waals surface area contributed by atoms with Crippen LogP contribution in [0.1, 0.15) is 31.0 Å². The lowest BCUT2D eigenvalue weighted by molar-refractivity contribution is 0.803. The minimum absolute atomic E-state index is 0.132. The van der Waals surface area contributed by atoms with E-state index in [0.717, 1.165) is 16.8 Å². The molecule has 0 spiro atoms. The highest BCUT2D eigenvalue weighted by Crippen LogP contribution is 2.23. The first kappa shape index (κ1) is 13.0. The Labute approximate surface area is 114 Å². The van der Waals surface area contributed by atoms with Crippen molar-refractivity contribution in [1.29, 1.82) is 0 Å². The van der Waals surface area contributed by atoms with Crippen molar-refractivity contribution in [2.24, 2.45) is 0 Å². The molecule has 0 amide bonds. The summed E-state index contributed by atoms with van der Waals surface area (Å²) in [5, 5.41) is 0. The first-order valence-corrected chi connectivity index (χ1v) is 6.65. The number of hydrogen-bond donors (Lipinski definition) is 1. The fraction of sp³-hybridized carbons (Fsp3) is 0.286. The predicted octanol–water partition coefficient (Wildman–Crippen LogP) is 3.63. The maximum absolute atomic E-state index is 11.9. The van der Waals surface area contributed by atoms with Crippen LogP contribution in [0.15, 0.2) is 33.5 Å². The molecule has 0 aliphatic carbocycles. The summed E-state index contributed by atoms with van der Waals surface area (Å²) in [5.41, 5.74) is 2.71. The van der Waals surface area contributed by atoms with Gasteiger partial charge in [0.1, 0.15) is 10.3 Å². The molecule has 0 saturated heterocycles. The number of rotatable bonds is 2. The van der Waals surface area contributed by atoms with Gasteiger partial charge in [-0.1, -0.05) is 38.1 Å². The van der Waals surface area contributed by atoms with Gasteiger partial charge in [-0.05, 0) is 34.3 Å². The lowest BCUT2D eigenvalue weighted by Gasteiger charge is -2.10. The summed E-state index contributed by atoms with van der Waals surface area (Å²) in [6, 6.07) is 7.89. The molecular formula is C14H15BrN2O. The van der Waals surface area contributed by atoms with Crippen molar-refractivity contribution >= 4 is 15.9 Å². The van der Waals surface area contributed by atoms with E-state index >= 15 is 0 Å². The normalized spacial score (nSPS) is 10.9. The van der Waals surface area contributed by atoms with Crippen LogP contribution in [0.4, 0.5) is 0 Å². The number of nitrogens with zero attached hydrogens (tertiary/aromatic N) is 1. The Hall–Kier alpha value is -1.42. The van der Waals surface area contributed by atoms with Gasteiger partial charge in [-0.25, -0.2) is 4.98 Å². The molecule has 1 aromatic carbocycles. The van der Waals surface area contributed by atoms with Gasteiger partial charge in [0.05, 0.1) is 5.69 Å². The highest BCUT2D eigenvalue weighted by molar-refractivity contribution is 9.10. The second-order valence-corrected chi connectivity index (χ2v) is 5.38. The molecular weight excluding hydrogens is 292 g/mol. The molecule has 4 heteroatoms. The monoisotopic (exact) mass is 306 g/mol. The number of halogens is 1. The molecule has 0 saturated carbocycles. The minimum atomic E-state index is -0.132. The van der Waals surface area contributed by atoms with Gasteiger partial charge in [0.15, 0.2) is 0 Å². The molecule has 3 nitrogen and oxygen atoms in total. The minimum Gasteiger partial charge on any atom is -0.306 e. The zero-order valence-electron chi connectivity index (χ0n) is 10.6. The van der Waals surface area contributed by atoms with E-state index in [9.17, 15) is 4.79 Å². The molecule has 0 aliphatic heterocycles. The van der Waals surface area contributed by atoms with Crippen molar-refractivity contribution < 1.29 is 0 Å². The first-order valence-electron chi connectivity index (χ1n) is 5.86. The maximum atomic E-state index is 11.9. The summed E-state index contributed by atoms with van der Waals surface area (Å²) >= 11 is 3.30. The van der Waals surface area contributed by atoms with Gasteiger partial charge in [0.25, 0.3) is 5.56 Å². The zero-order valence-corrected chi connectivity index (χ0v) is 12.2. The molecule has 0 unspecified atom stereocenters. The molecule has 2 rings (SSSR count). The van der Waals surface area contributed by atoms with Crippen molar-refractivity contribution in [3.8, 4) is 11.4 Å². The SMILES string of the molecule is Cc1ccccc1-c1nc(C(C)C)c(Br)c(=O)[nH]1. The van der Waals surface area contributed by atoms with Crippen LogP contribution in [0.2, 0.25) is 0 Å². The van der Waals surface area contributed by atoms with Gasteiger partial charge in [0, 0.05) is 5.56 Å². The quantitative estimate of drug-likeness (QED) is 0.921. The largest absolute Gasteiger partial charge is 0.306 e. The molecule has 0 fully saturated rings. The molecule has 2 aromatic rings. The second kappa shape index (κ2) is 5.06. The van der Waals surface area contributed by atoms with Crippen molar-refractivity contribution in [2.45, 2.75) is 26.7 Å². The smallest absolute Gasteiger partial charge is 0.265 e. The van der Waals surface area contributed by atoms with E-state index in [4.69, 9.17) is 0 Å². The first-order chi connectivity index (χ1) is 8.50. The molecule has 0 radical (unpaired) electrons. The predicted molar refractivity (Wildman–Crippen MR) is 76.8 cm³/mol. The van der Waals surface area contributed by atoms with E-state index in [1.165, 1.54) is 0 Å². The molecule has 0 atom stereocenters. The molecule has 94 valence electrons. The fourth-order valence-electron chi connectivity index (χ4n) is 1.82. The number of hydrogen-bond acceptors (Lipinski definition) is 2. The maximum Gasteiger partial charge on any atom is 0.265 e. The number of aromatic nitrogens is 2. The average Bonchev–Trinajstić information content (AvgIpc) is 2.33. The third kappa shape index (κ3) is 2.38. The van der Waals surface area contributed by atoms with Crippen LogP contribution in [-0.2, 0) is 0 Å². The van der Waals surface area contributed by atoms with Gasteiger partial charge in [-0.15, -0.1) is 0 Å². The molecule has 18 heavy (non-hydrogen) atoms. The average molecular weight is 307 g/mol. The van der Waals surface area contributed by atoms with Crippen LogP contribution in [0.3, 0.4) is 0 Å². The van der Waals surface area contributed by atoms with E-state index in [-0.39, 0.29) is 11.5 Å². The molecule has 1 aromatic heterocycles. The van der Waals surface area contributed by atoms with Crippen LogP contribution in [0, 0.1) is 6.92 Å². The molecule has 0 bridgehead atoms. The van der Waals surface area contributed by atoms with E-state index in [1.54, 1.807) is 0 Å². The molecule has 1 heterocycles. The summed E-state index contributed by atoms with van der Waals surface area (Å²) in [6.07, 6.45) is 0. The number of H-pyrrole nitrogens is 1. The third-order valence-electron chi connectivity index (χ3n) is 2.84. The summed E-state index contributed by atoms with van der Waals surface area (Å²) in [4.78, 5) is 19.3. The van der Waals surface area contributed by atoms with Crippen molar-refractivity contribution in [3.63, 3.8) is 0 Å². The summed E-state index contributed by atoms with van der Waals surface area (Å²) in [6.45, 7) is 6.05. The van der Waals surface area contributed by atoms with Crippen molar-refractivity contribution in [1.82, 2.24) is 9.97 Å². The Morgan fingerprint density at radius 3 is 2.56 bits per heavy atom. The number of aryl methyl sites for hydroxylation is 1. The van der Waals surface area contributed by atoms with Crippen LogP contribution >= 0.6 is 15.9 Å². The number of aromatic amines is 1. The van der Waals surface area contributed by atoms with Gasteiger partial charge < -0.3 is 4.98 Å². The van der Waals surface area contributed by atoms with Crippen LogP contribution in [-0.4, -0.2) is 9.97 Å². The summed E-state index contributed by atoms with van der Waals surface area (Å²) in [7, 11) is 0. The standard InChI is InChI=1S/C14H15BrN2O/c1-8(2)12-11(15)14(18)17-13(16-12)10-7-5-4-6-9(10)3/h4-8H,1-3H3,(H,16,17,18). The highest BCUT2D eigenvalue weighted by Gasteiger charge is 2.13. The van der Waals surface area contributed by atoms with Crippen LogP contribution in [0.5, 0.6) is 0 Å². The fourth-order valence-corrected chi connectivity index (χ4v) is 2.47. The van der Waals surface area contributed by atoms with E-state index in [1.807, 2.05) is 45.0 Å². The van der Waals surface area contributed by atoms with Gasteiger partial charge in [-0.2, -0.15) is 0 Å². The van der Waals surface area contributed by atoms with Crippen LogP contribution in [0.25, 0.3) is 11.4 Å². The summed E-state index contributed by atoms with van der Waals surface area (Å²) < 4.78 is 0.523. The number of benzene rings is 1. The Kier molecular flexibility index (Phi) is 3.66. The number of nitrogens with one attached hydrogen (secondary N) is 1. The van der Waals surface area contributed by atoms with E-state index < -0.39 is 0 Å². The van der Waals surface area contributed by atoms with Gasteiger partial charge >= 0.3 is 0 Å². The Morgan fingerprint density at radius 1 is 1.28 bits per heavy atom. The van der Waals surface area contributed by atoms with Gasteiger partial charge in [-0.3, -0.25) is 4.79 Å². The Morgan fingerprint density at radius 2 is 1.94 bits per heavy atom. The Bertz CT molecular complexity index is 632. The lowest BCUT2D eigenvalue weighted by Crippen LogP contribution is -2.14. The highest BCUT2D eigenvalue weighted by atomic mass is 79.9. The zero-order chi connectivity index (χ0) is 13.3. The van der Waals surface area contributed by atoms with E-state index in [2.05, 4.69) is 25.9 Å². The van der Waals surface area contributed by atoms with E-state index in [0.29, 0.717) is 10.3 Å². The van der Waals surface area contributed by atoms with Crippen molar-refractivity contribution in [3.05, 3.63) is 50.3 Å². The second-order valence-electron chi connectivity index (χ2n) is 4.58. The summed E-state index contributed by atoms with van der Waals surface area (Å²) in [5.74, 6) is 0.828. The van der Waals surface area contributed by atoms with Gasteiger partial charge in [0.2, 0.25) is 0 Å². The molecule has 0 aliphatic rings. The van der Waals surface area contributed by atoms with Crippen molar-refractivity contribution in [2.75, 3.05) is 0 Å². The van der Waals surface area contributed by atoms with Crippen LogP contribution < -0.4 is 5.56 Å². The third-order valence-corrected chi connectivity index (χ3v) is 3.60. The lowest BCUT2D eigenvalue weighted by atomic mass is 10.1. The topological polar surface area (TPSA) is 45.8 Å².